The summed E-state index contributed by atoms with van der Waals surface area (Å²) in [6, 6.07) is 23.7. The summed E-state index contributed by atoms with van der Waals surface area (Å²) < 4.78 is 16.8. The predicted octanol–water partition coefficient (Wildman–Crippen LogP) is 9.15. The molecule has 84 heavy (non-hydrogen) atoms. The van der Waals surface area contributed by atoms with E-state index in [1.54, 1.807) is 20.8 Å². The van der Waals surface area contributed by atoms with E-state index in [-0.39, 0.29) is 74.9 Å². The second kappa shape index (κ2) is 37.0. The lowest BCUT2D eigenvalue weighted by atomic mass is 9.79. The van der Waals surface area contributed by atoms with Crippen LogP contribution in [0.15, 0.2) is 89.1 Å². The fraction of sp³-hybridized carbons (Fsp3) is 0.565. The molecule has 3 aliphatic carbocycles. The number of hydrazone groups is 2. The minimum Gasteiger partial charge on any atom is -0.481 e. The molecular weight excluding hydrogens is 1080 g/mol. The van der Waals surface area contributed by atoms with E-state index in [1.165, 1.54) is 24.4 Å². The van der Waals surface area contributed by atoms with Crippen molar-refractivity contribution in [3.8, 4) is 11.1 Å². The maximum atomic E-state index is 12.9. The Kier molecular flexibility index (Phi) is 31.2. The van der Waals surface area contributed by atoms with Crippen LogP contribution >= 0.6 is 0 Å². The van der Waals surface area contributed by atoms with Gasteiger partial charge in [0.15, 0.2) is 0 Å². The molecule has 7 rings (SSSR count). The molecule has 11 N–H and O–H groups in total. The Labute approximate surface area is 496 Å². The Morgan fingerprint density at radius 3 is 1.70 bits per heavy atom. The van der Waals surface area contributed by atoms with Crippen LogP contribution in [0.3, 0.4) is 0 Å². The first-order valence-corrected chi connectivity index (χ1v) is 29.0. The van der Waals surface area contributed by atoms with Gasteiger partial charge in [0.25, 0.3) is 0 Å². The topological polar surface area (TPSA) is 328 Å². The summed E-state index contributed by atoms with van der Waals surface area (Å²) in [5.74, 6) is -0.763. The van der Waals surface area contributed by atoms with E-state index in [0.717, 1.165) is 72.8 Å². The monoisotopic (exact) mass is 1170 g/mol. The molecule has 6 amide bonds. The van der Waals surface area contributed by atoms with Crippen molar-refractivity contribution < 1.29 is 58.0 Å². The first-order valence-electron chi connectivity index (χ1n) is 29.0. The number of urea groups is 2. The van der Waals surface area contributed by atoms with Gasteiger partial charge in [0.1, 0.15) is 24.0 Å². The molecule has 464 valence electrons. The standard InChI is InChI=1S/C27H25NO5.C18H32N4O5.C15H28N4O2.CH5N.CH4/c29-26(30)25-14-19(32-16-18-8-2-1-3-9-18)15-28(25)27(31)33-17-24-22-12-6-4-10-20(22)21-11-5-7-13-23(21)24;1-5-14(21-17(26)27-18(2,3)4)11-20-22-16(25)19-10-12-6-8-13(9-7-12)15(23)24;1-3-13(16)10-18-19-15(21)17-9-11-5-7-12(8-6-11)14(20)4-2;1-2;/h1-13,19,24-25H,14-17H2,(H,29,30);11-14H,5-10H2,1-4H3,(H,21,26)(H,23,24)(H2,19,22,25);10-13H,3-9,16H2,1-2H3,(H2,17,19,21);2H2,1H3;1H4/b;20-11+;18-10+;;/t19-,25+;12?,13?,14-;11?,12?,13-;;/m100../s1. The Morgan fingerprint density at radius 2 is 1.21 bits per heavy atom. The average Bonchev–Trinajstić information content (AvgIpc) is 2.33. The Hall–Kier alpha value is -7.43. The zero-order chi connectivity index (χ0) is 60.9. The maximum absolute atomic E-state index is 12.9. The number of carbonyl (C=O) groups is 7. The van der Waals surface area contributed by atoms with Crippen LogP contribution in [0, 0.1) is 23.7 Å². The molecule has 1 heterocycles. The number of hydrogen-bond donors (Lipinski definition) is 9. The summed E-state index contributed by atoms with van der Waals surface area (Å²) in [4.78, 5) is 83.7. The molecule has 1 saturated heterocycles. The number of likely N-dealkylation sites (tertiary alicyclic amines) is 1. The third kappa shape index (κ3) is 24.0. The van der Waals surface area contributed by atoms with Gasteiger partial charge in [-0.1, -0.05) is 107 Å². The molecule has 22 heteroatoms. The highest BCUT2D eigenvalue weighted by atomic mass is 16.6. The third-order valence-electron chi connectivity index (χ3n) is 14.9. The number of Topliss-reactive ketones (excluding diaryl/α,β-unsaturated/α-hetero) is 1. The molecule has 0 radical (unpaired) electrons. The van der Waals surface area contributed by atoms with Gasteiger partial charge >= 0.3 is 36.2 Å². The first-order chi connectivity index (χ1) is 39.8. The van der Waals surface area contributed by atoms with Gasteiger partial charge in [0, 0.05) is 56.2 Å². The van der Waals surface area contributed by atoms with Crippen LogP contribution in [0.4, 0.5) is 19.2 Å². The van der Waals surface area contributed by atoms with Gasteiger partial charge in [-0.25, -0.2) is 34.8 Å². The van der Waals surface area contributed by atoms with E-state index in [1.807, 2.05) is 75.4 Å². The van der Waals surface area contributed by atoms with Crippen LogP contribution in [0.25, 0.3) is 11.1 Å². The zero-order valence-electron chi connectivity index (χ0n) is 49.4. The van der Waals surface area contributed by atoms with E-state index in [0.29, 0.717) is 57.1 Å². The molecule has 0 unspecified atom stereocenters. The summed E-state index contributed by atoms with van der Waals surface area (Å²) in [6.07, 6.45) is 10.5. The molecule has 2 saturated carbocycles. The third-order valence-corrected chi connectivity index (χ3v) is 14.9. The molecule has 3 fully saturated rings. The lowest BCUT2D eigenvalue weighted by Crippen LogP contribution is -2.41. The molecule has 3 aromatic rings. The number of ether oxygens (including phenoxy) is 3. The predicted molar refractivity (Wildman–Crippen MR) is 325 cm³/mol. The van der Waals surface area contributed by atoms with E-state index in [4.69, 9.17) is 25.1 Å². The van der Waals surface area contributed by atoms with Crippen molar-refractivity contribution in [3.63, 3.8) is 0 Å². The van der Waals surface area contributed by atoms with Gasteiger partial charge in [0.2, 0.25) is 0 Å². The minimum absolute atomic E-state index is 0. The number of nitrogens with one attached hydrogen (secondary N) is 5. The summed E-state index contributed by atoms with van der Waals surface area (Å²) in [6.45, 7) is 12.9. The van der Waals surface area contributed by atoms with Gasteiger partial charge in [-0.2, -0.15) is 10.2 Å². The fourth-order valence-corrected chi connectivity index (χ4v) is 10.1. The molecule has 22 nitrogen and oxygen atoms in total. The van der Waals surface area contributed by atoms with E-state index < -0.39 is 41.8 Å². The molecule has 1 aliphatic heterocycles. The van der Waals surface area contributed by atoms with E-state index >= 15 is 0 Å². The van der Waals surface area contributed by atoms with Gasteiger partial charge in [0.05, 0.1) is 31.2 Å². The molecule has 3 aromatic carbocycles. The largest absolute Gasteiger partial charge is 0.481 e. The number of alkyl carbamates (subject to hydrolysis) is 1. The van der Waals surface area contributed by atoms with Gasteiger partial charge < -0.3 is 51.8 Å². The quantitative estimate of drug-likeness (QED) is 0.0376. The number of hydrogen-bond acceptors (Lipinski definition) is 14. The highest BCUT2D eigenvalue weighted by Gasteiger charge is 2.42. The Bertz CT molecular complexity index is 2540. The summed E-state index contributed by atoms with van der Waals surface area (Å²) in [5, 5.41) is 34.5. The lowest BCUT2D eigenvalue weighted by Gasteiger charge is -2.27. The highest BCUT2D eigenvalue weighted by Crippen LogP contribution is 2.44. The Morgan fingerprint density at radius 1 is 0.702 bits per heavy atom. The molecule has 4 atom stereocenters. The van der Waals surface area contributed by atoms with E-state index in [9.17, 15) is 38.7 Å². The van der Waals surface area contributed by atoms with Crippen molar-refractivity contribution in [1.29, 1.82) is 0 Å². The zero-order valence-corrected chi connectivity index (χ0v) is 49.4. The molecule has 0 spiro atoms. The summed E-state index contributed by atoms with van der Waals surface area (Å²) in [7, 11) is 1.50. The highest BCUT2D eigenvalue weighted by molar-refractivity contribution is 5.83. The summed E-state index contributed by atoms with van der Waals surface area (Å²) >= 11 is 0. The summed E-state index contributed by atoms with van der Waals surface area (Å²) in [5.41, 5.74) is 19.9. The number of carbonyl (C=O) groups excluding carboxylic acids is 5. The van der Waals surface area contributed by atoms with Crippen molar-refractivity contribution >= 4 is 54.4 Å². The van der Waals surface area contributed by atoms with Crippen LogP contribution in [0.1, 0.15) is 149 Å². The van der Waals surface area contributed by atoms with E-state index in [2.05, 4.69) is 67.0 Å². The smallest absolute Gasteiger partial charge is 0.410 e. The number of fused-ring (bicyclic) bond motifs is 3. The minimum atomic E-state index is -1.05. The number of ketones is 1. The molecule has 0 aromatic heterocycles. The molecule has 0 bridgehead atoms. The number of benzene rings is 3. The number of aliphatic carboxylic acids is 2. The molecular formula is C62H94N10O12. The lowest BCUT2D eigenvalue weighted by molar-refractivity contribution is -0.143. The van der Waals surface area contributed by atoms with Crippen molar-refractivity contribution in [1.82, 2.24) is 31.7 Å². The van der Waals surface area contributed by atoms with Gasteiger partial charge in [-0.3, -0.25) is 14.5 Å². The second-order valence-corrected chi connectivity index (χ2v) is 22.0. The van der Waals surface area contributed by atoms with Crippen molar-refractivity contribution in [2.75, 3.05) is 33.3 Å². The van der Waals surface area contributed by atoms with Crippen LogP contribution in [0.2, 0.25) is 0 Å². The van der Waals surface area contributed by atoms with Crippen LogP contribution in [-0.2, 0) is 35.2 Å². The number of carboxylic acid groups (broad SMARTS) is 2. The van der Waals surface area contributed by atoms with Gasteiger partial charge in [-0.05, 0) is 132 Å². The van der Waals surface area contributed by atoms with Crippen molar-refractivity contribution in [2.24, 2.45) is 45.3 Å². The van der Waals surface area contributed by atoms with Crippen LogP contribution < -0.4 is 38.3 Å². The number of amides is 6. The second-order valence-electron chi connectivity index (χ2n) is 22.0. The first kappa shape index (κ1) is 70.8. The van der Waals surface area contributed by atoms with Crippen molar-refractivity contribution in [3.05, 3.63) is 95.6 Å². The Balaban J connectivity index is 0.000000332. The number of nitrogens with zero attached hydrogens (tertiary/aromatic N) is 3. The average molecular weight is 1170 g/mol. The van der Waals surface area contributed by atoms with Crippen molar-refractivity contribution in [2.45, 2.75) is 168 Å². The normalized spacial score (nSPS) is 20.4. The number of rotatable bonds is 20. The molecule has 4 aliphatic rings. The van der Waals surface area contributed by atoms with Crippen LogP contribution in [-0.4, -0.2) is 133 Å². The number of carboxylic acids is 2. The fourth-order valence-electron chi connectivity index (χ4n) is 10.1. The maximum Gasteiger partial charge on any atom is 0.410 e. The SMILES string of the molecule is C.CCC(=O)C1CCC(CNC(=O)N/N=C/[C@@H](N)CC)CC1.CC[C@@H](/C=N/NC(=O)NCC1CCC(C(=O)O)CC1)NC(=O)OC(C)(C)C.CN.O=C(O)[C@@H]1C[C@@H](OCc2ccccc2)CN1C(=O)OCC1c2ccccc2-c2ccccc21. The van der Waals surface area contributed by atoms with Gasteiger partial charge in [-0.15, -0.1) is 0 Å². The van der Waals surface area contributed by atoms with Crippen LogP contribution in [0.5, 0.6) is 0 Å². The number of nitrogens with two attached hydrogens (primary N) is 2.